The van der Waals surface area contributed by atoms with Crippen molar-refractivity contribution in [3.8, 4) is 39.9 Å². The van der Waals surface area contributed by atoms with E-state index in [9.17, 15) is 5.11 Å². The summed E-state index contributed by atoms with van der Waals surface area (Å²) in [5, 5.41) is 15.2. The molecule has 2 aliphatic heterocycles. The number of rotatable bonds is 4. The van der Waals surface area contributed by atoms with Gasteiger partial charge in [0.05, 0.1) is 18.2 Å². The van der Waals surface area contributed by atoms with Gasteiger partial charge in [0.15, 0.2) is 11.5 Å². The molecule has 40 heavy (non-hydrogen) atoms. The maximum absolute atomic E-state index is 10.6. The van der Waals surface area contributed by atoms with Crippen LogP contribution in [0, 0.1) is 0 Å². The number of halogens is 2. The van der Waals surface area contributed by atoms with Gasteiger partial charge in [0, 0.05) is 32.4 Å². The topological polar surface area (TPSA) is 60.0 Å². The number of benzene rings is 4. The van der Waals surface area contributed by atoms with Gasteiger partial charge < -0.3 is 24.6 Å². The minimum absolute atomic E-state index is 0.0541. The average molecular weight is 572 g/mol. The molecule has 0 atom stereocenters. The van der Waals surface area contributed by atoms with Crippen molar-refractivity contribution in [2.45, 2.75) is 26.3 Å². The Kier molecular flexibility index (Phi) is 6.44. The van der Waals surface area contributed by atoms with Crippen molar-refractivity contribution in [3.63, 3.8) is 0 Å². The molecule has 0 aromatic heterocycles. The highest BCUT2D eigenvalue weighted by molar-refractivity contribution is 6.34. The van der Waals surface area contributed by atoms with Crippen LogP contribution in [0.4, 0.5) is 5.69 Å². The Labute approximate surface area is 243 Å². The fraction of sp³-hybridized carbons (Fsp3) is 0.152. The third-order valence-electron chi connectivity index (χ3n) is 6.90. The normalized spacial score (nSPS) is 15.7. The Hall–Kier alpha value is -4.06. The van der Waals surface area contributed by atoms with Crippen molar-refractivity contribution in [2.24, 2.45) is 0 Å². The van der Waals surface area contributed by atoms with Gasteiger partial charge in [0.25, 0.3) is 0 Å². The van der Waals surface area contributed by atoms with E-state index in [-0.39, 0.29) is 11.3 Å². The van der Waals surface area contributed by atoms with Crippen LogP contribution in [0.1, 0.15) is 37.5 Å². The maximum Gasteiger partial charge on any atom is 0.172 e. The van der Waals surface area contributed by atoms with E-state index in [2.05, 4.69) is 44.3 Å². The minimum atomic E-state index is -0.201. The van der Waals surface area contributed by atoms with Gasteiger partial charge in [-0.1, -0.05) is 47.5 Å². The van der Waals surface area contributed by atoms with Crippen LogP contribution in [0.15, 0.2) is 72.8 Å². The SMILES string of the molecule is COc1c(O)ccc2c1-c1ccc3c(c1C(=Cc1cccc(Oc4cc(Cl)cc(Cl)c4)c1)O2)C(C)=CC(C)(C)N3. The summed E-state index contributed by atoms with van der Waals surface area (Å²) in [6.45, 7) is 6.39. The number of anilines is 1. The van der Waals surface area contributed by atoms with Gasteiger partial charge in [-0.05, 0) is 86.5 Å². The standard InChI is InChI=1S/C33H27Cl2NO4/c1-18-17-33(2,3)36-25-9-8-24-30(29(18)25)28(40-27-11-10-26(37)32(38-4)31(24)27)13-19-6-5-7-22(12-19)39-23-15-20(34)14-21(35)16-23/h5-17,36-37H,1-4H3. The zero-order chi connectivity index (χ0) is 28.2. The lowest BCUT2D eigenvalue weighted by molar-refractivity contribution is 0.371. The van der Waals surface area contributed by atoms with Gasteiger partial charge in [-0.25, -0.2) is 0 Å². The summed E-state index contributed by atoms with van der Waals surface area (Å²) >= 11 is 12.3. The lowest BCUT2D eigenvalue weighted by Gasteiger charge is -2.35. The summed E-state index contributed by atoms with van der Waals surface area (Å²) in [5.74, 6) is 2.87. The number of hydrogen-bond acceptors (Lipinski definition) is 5. The van der Waals surface area contributed by atoms with Gasteiger partial charge in [-0.3, -0.25) is 0 Å². The average Bonchev–Trinajstić information content (AvgIpc) is 2.87. The smallest absolute Gasteiger partial charge is 0.172 e. The molecule has 0 amide bonds. The predicted molar refractivity (Wildman–Crippen MR) is 163 cm³/mol. The largest absolute Gasteiger partial charge is 0.504 e. The van der Waals surface area contributed by atoms with Crippen LogP contribution in [0.25, 0.3) is 28.5 Å². The third-order valence-corrected chi connectivity index (χ3v) is 7.34. The van der Waals surface area contributed by atoms with Crippen LogP contribution in [-0.2, 0) is 0 Å². The van der Waals surface area contributed by atoms with Gasteiger partial charge >= 0.3 is 0 Å². The van der Waals surface area contributed by atoms with Crippen molar-refractivity contribution >= 4 is 46.3 Å². The molecule has 2 heterocycles. The van der Waals surface area contributed by atoms with Crippen molar-refractivity contribution in [2.75, 3.05) is 12.4 Å². The predicted octanol–water partition coefficient (Wildman–Crippen LogP) is 9.66. The first-order valence-electron chi connectivity index (χ1n) is 12.8. The van der Waals surface area contributed by atoms with Crippen molar-refractivity contribution in [1.29, 1.82) is 0 Å². The van der Waals surface area contributed by atoms with Crippen LogP contribution >= 0.6 is 23.2 Å². The van der Waals surface area contributed by atoms with E-state index in [0.29, 0.717) is 44.4 Å². The molecule has 5 nitrogen and oxygen atoms in total. The first kappa shape index (κ1) is 26.2. The van der Waals surface area contributed by atoms with Crippen LogP contribution in [0.3, 0.4) is 0 Å². The molecule has 6 rings (SSSR count). The van der Waals surface area contributed by atoms with E-state index in [4.69, 9.17) is 37.4 Å². The summed E-state index contributed by atoms with van der Waals surface area (Å²) in [5.41, 5.74) is 6.40. The van der Waals surface area contributed by atoms with Gasteiger partial charge in [0.2, 0.25) is 0 Å². The third kappa shape index (κ3) is 4.76. The van der Waals surface area contributed by atoms with Gasteiger partial charge in [-0.15, -0.1) is 0 Å². The summed E-state index contributed by atoms with van der Waals surface area (Å²) in [6, 6.07) is 20.3. The van der Waals surface area contributed by atoms with Crippen LogP contribution in [-0.4, -0.2) is 17.8 Å². The molecule has 202 valence electrons. The van der Waals surface area contributed by atoms with Crippen molar-refractivity contribution in [1.82, 2.24) is 0 Å². The molecule has 0 aliphatic carbocycles. The second kappa shape index (κ2) is 9.84. The molecular formula is C33H27Cl2NO4. The highest BCUT2D eigenvalue weighted by Crippen LogP contribution is 2.54. The summed E-state index contributed by atoms with van der Waals surface area (Å²) in [7, 11) is 1.55. The van der Waals surface area contributed by atoms with E-state index in [1.54, 1.807) is 37.4 Å². The van der Waals surface area contributed by atoms with E-state index in [0.717, 1.165) is 33.5 Å². The Bertz CT molecular complexity index is 1720. The highest BCUT2D eigenvalue weighted by Gasteiger charge is 2.33. The van der Waals surface area contributed by atoms with Crippen LogP contribution in [0.5, 0.6) is 28.7 Å². The quantitative estimate of drug-likeness (QED) is 0.255. The summed E-state index contributed by atoms with van der Waals surface area (Å²) in [4.78, 5) is 0. The number of phenolic OH excluding ortho intramolecular Hbond substituents is 1. The molecule has 0 fully saturated rings. The zero-order valence-corrected chi connectivity index (χ0v) is 23.9. The Morgan fingerprint density at radius 2 is 1.68 bits per heavy atom. The fourth-order valence-corrected chi connectivity index (χ4v) is 6.00. The van der Waals surface area contributed by atoms with Crippen LogP contribution in [0.2, 0.25) is 10.0 Å². The Morgan fingerprint density at radius 1 is 0.900 bits per heavy atom. The Morgan fingerprint density at radius 3 is 2.42 bits per heavy atom. The number of methoxy groups -OCH3 is 1. The lowest BCUT2D eigenvalue weighted by Crippen LogP contribution is -2.32. The Balaban J connectivity index is 1.51. The summed E-state index contributed by atoms with van der Waals surface area (Å²) < 4.78 is 18.3. The molecule has 0 radical (unpaired) electrons. The molecular weight excluding hydrogens is 545 g/mol. The molecule has 0 saturated heterocycles. The van der Waals surface area contributed by atoms with Crippen molar-refractivity contribution < 1.29 is 19.3 Å². The molecule has 0 unspecified atom stereocenters. The molecule has 4 aromatic carbocycles. The van der Waals surface area contributed by atoms with E-state index >= 15 is 0 Å². The number of allylic oxidation sites excluding steroid dienone is 1. The number of hydrogen-bond donors (Lipinski definition) is 2. The second-order valence-electron chi connectivity index (χ2n) is 10.5. The zero-order valence-electron chi connectivity index (χ0n) is 22.4. The van der Waals surface area contributed by atoms with E-state index in [1.165, 1.54) is 0 Å². The van der Waals surface area contributed by atoms with Gasteiger partial charge in [0.1, 0.15) is 23.0 Å². The fourth-order valence-electron chi connectivity index (χ4n) is 5.49. The summed E-state index contributed by atoms with van der Waals surface area (Å²) in [6.07, 6.45) is 4.21. The highest BCUT2D eigenvalue weighted by atomic mass is 35.5. The number of nitrogens with one attached hydrogen (secondary N) is 1. The first-order valence-corrected chi connectivity index (χ1v) is 13.6. The molecule has 0 saturated carbocycles. The van der Waals surface area contributed by atoms with E-state index in [1.807, 2.05) is 30.3 Å². The maximum atomic E-state index is 10.6. The van der Waals surface area contributed by atoms with E-state index < -0.39 is 0 Å². The lowest BCUT2D eigenvalue weighted by atomic mass is 9.83. The molecule has 0 bridgehead atoms. The second-order valence-corrected chi connectivity index (χ2v) is 11.3. The van der Waals surface area contributed by atoms with Crippen LogP contribution < -0.4 is 19.5 Å². The number of fused-ring (bicyclic) bond motifs is 5. The number of ether oxygens (including phenoxy) is 3. The van der Waals surface area contributed by atoms with Crippen molar-refractivity contribution in [3.05, 3.63) is 99.5 Å². The molecule has 2 aliphatic rings. The molecule has 0 spiro atoms. The first-order chi connectivity index (χ1) is 19.1. The van der Waals surface area contributed by atoms with Gasteiger partial charge in [-0.2, -0.15) is 0 Å². The number of aromatic hydroxyl groups is 1. The monoisotopic (exact) mass is 571 g/mol. The number of phenols is 1. The molecule has 7 heteroatoms. The minimum Gasteiger partial charge on any atom is -0.504 e. The molecule has 2 N–H and O–H groups in total. The molecule has 4 aromatic rings.